The number of alkyl halides is 3. The van der Waals surface area contributed by atoms with Crippen molar-refractivity contribution in [2.45, 2.75) is 79.5 Å². The van der Waals surface area contributed by atoms with Gasteiger partial charge in [-0.2, -0.15) is 5.26 Å². The van der Waals surface area contributed by atoms with Crippen LogP contribution in [0.2, 0.25) is 0 Å². The molecular formula is C27H35F3N4O2. The van der Waals surface area contributed by atoms with Gasteiger partial charge in [-0.3, -0.25) is 9.36 Å². The molecule has 3 rings (SSSR count). The Kier molecular flexibility index (Phi) is 8.37. The number of benzene rings is 1. The van der Waals surface area contributed by atoms with E-state index < -0.39 is 18.0 Å². The first kappa shape index (κ1) is 27.6. The van der Waals surface area contributed by atoms with Gasteiger partial charge in [-0.1, -0.05) is 53.5 Å². The fourth-order valence-electron chi connectivity index (χ4n) is 4.75. The number of nitriles is 1. The van der Waals surface area contributed by atoms with Gasteiger partial charge < -0.3 is 10.1 Å². The molecule has 1 aromatic heterocycles. The van der Waals surface area contributed by atoms with Crippen molar-refractivity contribution in [3.05, 3.63) is 41.0 Å². The van der Waals surface area contributed by atoms with Crippen LogP contribution >= 0.6 is 0 Å². The average Bonchev–Trinajstić information content (AvgIpc) is 3.15. The first-order valence-electron chi connectivity index (χ1n) is 12.5. The third-order valence-corrected chi connectivity index (χ3v) is 6.50. The van der Waals surface area contributed by atoms with Gasteiger partial charge in [0.2, 0.25) is 0 Å². The number of imidazole rings is 1. The van der Waals surface area contributed by atoms with Crippen LogP contribution in [0.4, 0.5) is 13.2 Å². The number of hydrogen-bond donors (Lipinski definition) is 1. The summed E-state index contributed by atoms with van der Waals surface area (Å²) in [5.41, 5.74) is 0.334. The SMILES string of the molecule is CCc1nc(C(=O)NCC2CCC(C)CC2)c(C#N)n1-c1ccc(CC(C)(C)C)cc1OC(F)(F)F. The van der Waals surface area contributed by atoms with E-state index in [1.807, 2.05) is 26.8 Å². The molecule has 0 aliphatic heterocycles. The van der Waals surface area contributed by atoms with E-state index in [-0.39, 0.29) is 22.5 Å². The fraction of sp³-hybridized carbons (Fsp3) is 0.593. The van der Waals surface area contributed by atoms with Crippen LogP contribution < -0.4 is 10.1 Å². The molecule has 0 spiro atoms. The second kappa shape index (κ2) is 10.9. The van der Waals surface area contributed by atoms with Gasteiger partial charge in [0.15, 0.2) is 17.1 Å². The van der Waals surface area contributed by atoms with Crippen LogP contribution in [0.1, 0.15) is 87.9 Å². The number of amides is 1. The normalized spacial score (nSPS) is 18.5. The van der Waals surface area contributed by atoms with E-state index in [0.717, 1.165) is 25.7 Å². The fourth-order valence-corrected chi connectivity index (χ4v) is 4.75. The van der Waals surface area contributed by atoms with Gasteiger partial charge in [-0.15, -0.1) is 13.2 Å². The zero-order valence-corrected chi connectivity index (χ0v) is 21.6. The highest BCUT2D eigenvalue weighted by Gasteiger charge is 2.34. The molecule has 1 N–H and O–H groups in total. The number of carbonyl (C=O) groups is 1. The Morgan fingerprint density at radius 2 is 1.89 bits per heavy atom. The monoisotopic (exact) mass is 504 g/mol. The number of hydrogen-bond acceptors (Lipinski definition) is 4. The summed E-state index contributed by atoms with van der Waals surface area (Å²) in [6.07, 6.45) is 0.201. The first-order valence-corrected chi connectivity index (χ1v) is 12.5. The second-order valence-corrected chi connectivity index (χ2v) is 10.9. The van der Waals surface area contributed by atoms with Crippen LogP contribution in [0.3, 0.4) is 0 Å². The first-order chi connectivity index (χ1) is 16.8. The van der Waals surface area contributed by atoms with Crippen molar-refractivity contribution in [3.8, 4) is 17.5 Å². The number of aryl methyl sites for hydroxylation is 1. The van der Waals surface area contributed by atoms with Crippen molar-refractivity contribution >= 4 is 5.91 Å². The largest absolute Gasteiger partial charge is 0.573 e. The summed E-state index contributed by atoms with van der Waals surface area (Å²) < 4.78 is 45.7. The van der Waals surface area contributed by atoms with Gasteiger partial charge in [0.25, 0.3) is 5.91 Å². The summed E-state index contributed by atoms with van der Waals surface area (Å²) in [4.78, 5) is 17.4. The number of aromatic nitrogens is 2. The van der Waals surface area contributed by atoms with Crippen LogP contribution in [0, 0.1) is 28.6 Å². The van der Waals surface area contributed by atoms with E-state index in [2.05, 4.69) is 22.0 Å². The number of ether oxygens (including phenoxy) is 1. The third kappa shape index (κ3) is 7.02. The van der Waals surface area contributed by atoms with Gasteiger partial charge in [-0.25, -0.2) is 4.98 Å². The van der Waals surface area contributed by atoms with E-state index in [1.54, 1.807) is 13.0 Å². The topological polar surface area (TPSA) is 79.9 Å². The van der Waals surface area contributed by atoms with Gasteiger partial charge in [0.05, 0.1) is 5.69 Å². The molecule has 196 valence electrons. The summed E-state index contributed by atoms with van der Waals surface area (Å²) in [6, 6.07) is 6.54. The van der Waals surface area contributed by atoms with E-state index in [4.69, 9.17) is 0 Å². The van der Waals surface area contributed by atoms with Crippen LogP contribution in [-0.4, -0.2) is 28.4 Å². The molecule has 2 aromatic rings. The number of nitrogens with zero attached hydrogens (tertiary/aromatic N) is 3. The molecule has 1 aliphatic carbocycles. The van der Waals surface area contributed by atoms with E-state index in [1.165, 1.54) is 16.7 Å². The molecule has 0 unspecified atom stereocenters. The lowest BCUT2D eigenvalue weighted by Crippen LogP contribution is -2.31. The minimum Gasteiger partial charge on any atom is -0.404 e. The lowest BCUT2D eigenvalue weighted by atomic mass is 9.83. The Labute approximate surface area is 210 Å². The Balaban J connectivity index is 1.99. The van der Waals surface area contributed by atoms with Gasteiger partial charge in [-0.05, 0) is 54.2 Å². The molecule has 0 atom stereocenters. The molecule has 1 aromatic carbocycles. The smallest absolute Gasteiger partial charge is 0.404 e. The van der Waals surface area contributed by atoms with Crippen molar-refractivity contribution in [2.24, 2.45) is 17.3 Å². The molecule has 6 nitrogen and oxygen atoms in total. The van der Waals surface area contributed by atoms with Crippen LogP contribution in [-0.2, 0) is 12.8 Å². The minimum atomic E-state index is -4.92. The number of rotatable bonds is 7. The molecule has 1 heterocycles. The van der Waals surface area contributed by atoms with Crippen molar-refractivity contribution < 1.29 is 22.7 Å². The molecule has 1 aliphatic rings. The number of nitrogens with one attached hydrogen (secondary N) is 1. The maximum Gasteiger partial charge on any atom is 0.573 e. The highest BCUT2D eigenvalue weighted by molar-refractivity contribution is 5.94. The number of halogens is 3. The van der Waals surface area contributed by atoms with Crippen molar-refractivity contribution in [2.75, 3.05) is 6.54 Å². The summed E-state index contributed by atoms with van der Waals surface area (Å²) in [5, 5.41) is 12.8. The van der Waals surface area contributed by atoms with E-state index in [9.17, 15) is 23.2 Å². The maximum absolute atomic E-state index is 13.3. The average molecular weight is 505 g/mol. The van der Waals surface area contributed by atoms with Crippen LogP contribution in [0.5, 0.6) is 5.75 Å². The maximum atomic E-state index is 13.3. The molecular weight excluding hydrogens is 469 g/mol. The van der Waals surface area contributed by atoms with E-state index in [0.29, 0.717) is 42.6 Å². The third-order valence-electron chi connectivity index (χ3n) is 6.50. The Bertz CT molecular complexity index is 1120. The molecule has 0 bridgehead atoms. The second-order valence-electron chi connectivity index (χ2n) is 10.9. The van der Waals surface area contributed by atoms with Gasteiger partial charge in [0, 0.05) is 13.0 Å². The summed E-state index contributed by atoms with van der Waals surface area (Å²) in [5.74, 6) is 0.426. The lowest BCUT2D eigenvalue weighted by Gasteiger charge is -2.26. The van der Waals surface area contributed by atoms with Crippen LogP contribution in [0.15, 0.2) is 18.2 Å². The van der Waals surface area contributed by atoms with Crippen molar-refractivity contribution in [1.29, 1.82) is 5.26 Å². The molecule has 9 heteroatoms. The molecule has 0 saturated heterocycles. The predicted octanol–water partition coefficient (Wildman–Crippen LogP) is 6.35. The zero-order chi connectivity index (χ0) is 26.7. The highest BCUT2D eigenvalue weighted by atomic mass is 19.4. The van der Waals surface area contributed by atoms with Crippen molar-refractivity contribution in [1.82, 2.24) is 14.9 Å². The summed E-state index contributed by atoms with van der Waals surface area (Å²) in [7, 11) is 0. The zero-order valence-electron chi connectivity index (χ0n) is 21.6. The van der Waals surface area contributed by atoms with Gasteiger partial charge >= 0.3 is 6.36 Å². The predicted molar refractivity (Wildman–Crippen MR) is 131 cm³/mol. The van der Waals surface area contributed by atoms with Crippen LogP contribution in [0.25, 0.3) is 5.69 Å². The molecule has 0 radical (unpaired) electrons. The number of carbonyl (C=O) groups excluding carboxylic acids is 1. The summed E-state index contributed by atoms with van der Waals surface area (Å²) >= 11 is 0. The Morgan fingerprint density at radius 3 is 2.44 bits per heavy atom. The molecule has 1 amide bonds. The molecule has 1 saturated carbocycles. The molecule has 1 fully saturated rings. The van der Waals surface area contributed by atoms with Crippen molar-refractivity contribution in [3.63, 3.8) is 0 Å². The lowest BCUT2D eigenvalue weighted by molar-refractivity contribution is -0.274. The summed E-state index contributed by atoms with van der Waals surface area (Å²) in [6.45, 7) is 10.4. The van der Waals surface area contributed by atoms with E-state index >= 15 is 0 Å². The Morgan fingerprint density at radius 1 is 1.22 bits per heavy atom. The minimum absolute atomic E-state index is 0.0196. The van der Waals surface area contributed by atoms with Gasteiger partial charge in [0.1, 0.15) is 11.9 Å². The Hall–Kier alpha value is -3.02. The standard InChI is InChI=1S/C27H35F3N4O2/c1-6-23-33-24(25(35)32-16-18-9-7-17(2)8-10-18)21(15-31)34(23)20-12-11-19(14-26(3,4)5)13-22(20)36-27(28,29)30/h11-13,17-18H,6-10,14,16H2,1-5H3,(H,32,35). The highest BCUT2D eigenvalue weighted by Crippen LogP contribution is 2.34. The molecule has 36 heavy (non-hydrogen) atoms. The quantitative estimate of drug-likeness (QED) is 0.477.